The summed E-state index contributed by atoms with van der Waals surface area (Å²) in [4.78, 5) is 22.7. The van der Waals surface area contributed by atoms with Gasteiger partial charge in [0.25, 0.3) is 0 Å². The predicted octanol–water partition coefficient (Wildman–Crippen LogP) is 11.0. The Labute approximate surface area is 307 Å². The topological polar surface area (TPSA) is 91.3 Å². The third-order valence-corrected chi connectivity index (χ3v) is 8.86. The number of hydrogen-bond acceptors (Lipinski definition) is 6. The maximum Gasteiger partial charge on any atom is 0.472 e. The van der Waals surface area contributed by atoms with E-state index >= 15 is 0 Å². The molecule has 0 aromatic rings. The van der Waals surface area contributed by atoms with Gasteiger partial charge in [0.15, 0.2) is 0 Å². The van der Waals surface area contributed by atoms with E-state index in [1.54, 1.807) is 6.08 Å². The van der Waals surface area contributed by atoms with Crippen molar-refractivity contribution in [1.29, 1.82) is 0 Å². The number of esters is 1. The monoisotopic (exact) mass is 725 g/mol. The van der Waals surface area contributed by atoms with Crippen LogP contribution in [-0.4, -0.2) is 75.6 Å². The summed E-state index contributed by atoms with van der Waals surface area (Å²) in [6.45, 7) is 5.36. The van der Waals surface area contributed by atoms with Crippen LogP contribution in [0.2, 0.25) is 0 Å². The molecule has 0 aromatic heterocycles. The number of quaternary nitrogens is 1. The van der Waals surface area contributed by atoms with Gasteiger partial charge in [0.1, 0.15) is 19.3 Å². The van der Waals surface area contributed by atoms with Gasteiger partial charge in [0.2, 0.25) is 0 Å². The molecule has 0 spiro atoms. The molecule has 290 valence electrons. The van der Waals surface area contributed by atoms with Crippen molar-refractivity contribution in [2.75, 3.05) is 54.1 Å². The molecule has 0 aliphatic rings. The Morgan fingerprint density at radius 2 is 1.08 bits per heavy atom. The lowest BCUT2D eigenvalue weighted by Gasteiger charge is -2.24. The Morgan fingerprint density at radius 1 is 0.620 bits per heavy atom. The van der Waals surface area contributed by atoms with Crippen LogP contribution in [0, 0.1) is 0 Å². The summed E-state index contributed by atoms with van der Waals surface area (Å²) >= 11 is 0. The van der Waals surface area contributed by atoms with Gasteiger partial charge in [-0.3, -0.25) is 13.8 Å². The van der Waals surface area contributed by atoms with Crippen LogP contribution in [0.1, 0.15) is 136 Å². The SMILES string of the molecule is CC/C=C\C/C=C\C/C=C\C/C=C\C/C=C\CC(=O)OC(COCCCCCCCCCCCCCCC)COP(=O)(O)OCC[N+](C)(C)C. The van der Waals surface area contributed by atoms with Crippen LogP contribution in [0.15, 0.2) is 60.8 Å². The predicted molar refractivity (Wildman–Crippen MR) is 210 cm³/mol. The standard InChI is InChI=1S/C41H74NO7P/c1-6-8-10-12-14-16-18-20-21-22-24-26-28-30-32-34-41(43)49-40(39-48-50(44,45)47-37-35-42(3,4)5)38-46-36-33-31-29-27-25-23-19-17-15-13-11-9-7-2/h8,10,14,16,20-21,24,26,30,32,40H,6-7,9,11-13,15,17-19,22-23,25,27-29,31,33-39H2,1-5H3/p+1/b10-8-,16-14-,21-20-,26-24-,32-30-. The molecule has 50 heavy (non-hydrogen) atoms. The largest absolute Gasteiger partial charge is 0.472 e. The van der Waals surface area contributed by atoms with Crippen molar-refractivity contribution in [3.63, 3.8) is 0 Å². The molecular formula is C41H75NO7P+. The molecule has 2 atom stereocenters. The maximum absolute atomic E-state index is 12.6. The number of phosphoric ester groups is 1. The number of unbranched alkanes of at least 4 members (excludes halogenated alkanes) is 12. The van der Waals surface area contributed by atoms with Crippen molar-refractivity contribution in [2.45, 2.75) is 142 Å². The zero-order valence-electron chi connectivity index (χ0n) is 32.6. The van der Waals surface area contributed by atoms with Crippen molar-refractivity contribution < 1.29 is 37.3 Å². The highest BCUT2D eigenvalue weighted by Crippen LogP contribution is 2.43. The van der Waals surface area contributed by atoms with E-state index in [0.29, 0.717) is 17.6 Å². The first-order valence-corrected chi connectivity index (χ1v) is 21.0. The molecule has 9 heteroatoms. The Balaban J connectivity index is 4.45. The second kappa shape index (κ2) is 34.3. The highest BCUT2D eigenvalue weighted by atomic mass is 31.2. The Bertz CT molecular complexity index is 984. The summed E-state index contributed by atoms with van der Waals surface area (Å²) < 4.78 is 34.7. The van der Waals surface area contributed by atoms with Crippen LogP contribution in [0.5, 0.6) is 0 Å². The highest BCUT2D eigenvalue weighted by Gasteiger charge is 2.26. The quantitative estimate of drug-likeness (QED) is 0.0229. The summed E-state index contributed by atoms with van der Waals surface area (Å²) in [5.41, 5.74) is 0. The van der Waals surface area contributed by atoms with Crippen LogP contribution in [0.4, 0.5) is 0 Å². The van der Waals surface area contributed by atoms with Crippen LogP contribution < -0.4 is 0 Å². The van der Waals surface area contributed by atoms with E-state index in [0.717, 1.165) is 44.9 Å². The van der Waals surface area contributed by atoms with Crippen LogP contribution >= 0.6 is 7.82 Å². The fourth-order valence-electron chi connectivity index (χ4n) is 4.86. The van der Waals surface area contributed by atoms with Crippen molar-refractivity contribution in [1.82, 2.24) is 0 Å². The third-order valence-electron chi connectivity index (χ3n) is 7.88. The number of nitrogens with zero attached hydrogens (tertiary/aromatic N) is 1. The number of carbonyl (C=O) groups is 1. The number of likely N-dealkylation sites (N-methyl/N-ethyl adjacent to an activating group) is 1. The molecule has 0 fully saturated rings. The van der Waals surface area contributed by atoms with Crippen molar-refractivity contribution in [2.24, 2.45) is 0 Å². The summed E-state index contributed by atoms with van der Waals surface area (Å²) in [7, 11) is 1.61. The number of allylic oxidation sites excluding steroid dienone is 9. The molecule has 8 nitrogen and oxygen atoms in total. The molecule has 0 bridgehead atoms. The number of rotatable bonds is 35. The first kappa shape index (κ1) is 48.2. The van der Waals surface area contributed by atoms with E-state index in [2.05, 4.69) is 62.5 Å². The van der Waals surface area contributed by atoms with E-state index in [1.165, 1.54) is 70.6 Å². The minimum Gasteiger partial charge on any atom is -0.457 e. The molecule has 0 rings (SSSR count). The number of ether oxygens (including phenoxy) is 2. The normalized spacial score (nSPS) is 14.6. The van der Waals surface area contributed by atoms with Gasteiger partial charge in [0, 0.05) is 6.61 Å². The van der Waals surface area contributed by atoms with Gasteiger partial charge in [-0.15, -0.1) is 0 Å². The van der Waals surface area contributed by atoms with Gasteiger partial charge in [-0.1, -0.05) is 152 Å². The molecule has 2 unspecified atom stereocenters. The summed E-state index contributed by atoms with van der Waals surface area (Å²) in [6, 6.07) is 0. The van der Waals surface area contributed by atoms with Gasteiger partial charge in [-0.2, -0.15) is 0 Å². The molecule has 0 saturated carbocycles. The van der Waals surface area contributed by atoms with E-state index in [1.807, 2.05) is 27.2 Å². The molecule has 0 aromatic carbocycles. The summed E-state index contributed by atoms with van der Waals surface area (Å²) in [5, 5.41) is 0. The van der Waals surface area contributed by atoms with Crippen molar-refractivity contribution in [3.8, 4) is 0 Å². The number of carbonyl (C=O) groups excluding carboxylic acids is 1. The molecular weight excluding hydrogens is 649 g/mol. The number of hydrogen-bond donors (Lipinski definition) is 1. The minimum atomic E-state index is -4.29. The molecule has 0 heterocycles. The van der Waals surface area contributed by atoms with Gasteiger partial charge < -0.3 is 18.9 Å². The fourth-order valence-corrected chi connectivity index (χ4v) is 5.60. The van der Waals surface area contributed by atoms with Crippen molar-refractivity contribution >= 4 is 13.8 Å². The van der Waals surface area contributed by atoms with Crippen LogP contribution in [-0.2, 0) is 27.9 Å². The van der Waals surface area contributed by atoms with Crippen LogP contribution in [0.3, 0.4) is 0 Å². The second-order valence-corrected chi connectivity index (χ2v) is 15.4. The lowest BCUT2D eigenvalue weighted by molar-refractivity contribution is -0.870. The summed E-state index contributed by atoms with van der Waals surface area (Å²) in [6.07, 6.45) is 41.4. The zero-order valence-corrected chi connectivity index (χ0v) is 33.5. The lowest BCUT2D eigenvalue weighted by Crippen LogP contribution is -2.37. The first-order chi connectivity index (χ1) is 24.1. The maximum atomic E-state index is 12.6. The Morgan fingerprint density at radius 3 is 1.56 bits per heavy atom. The molecule has 0 saturated heterocycles. The van der Waals surface area contributed by atoms with Gasteiger partial charge in [-0.05, 0) is 38.5 Å². The number of phosphoric acid groups is 1. The van der Waals surface area contributed by atoms with Gasteiger partial charge in [-0.25, -0.2) is 4.57 Å². The second-order valence-electron chi connectivity index (χ2n) is 14.0. The molecule has 0 aliphatic heterocycles. The van der Waals surface area contributed by atoms with E-state index < -0.39 is 19.9 Å². The summed E-state index contributed by atoms with van der Waals surface area (Å²) in [5.74, 6) is -0.441. The Kier molecular flexibility index (Phi) is 33.1. The van der Waals surface area contributed by atoms with Crippen LogP contribution in [0.25, 0.3) is 0 Å². The molecule has 0 radical (unpaired) electrons. The highest BCUT2D eigenvalue weighted by molar-refractivity contribution is 7.47. The molecule has 1 N–H and O–H groups in total. The zero-order chi connectivity index (χ0) is 37.0. The average Bonchev–Trinajstić information content (AvgIpc) is 3.06. The van der Waals surface area contributed by atoms with Crippen molar-refractivity contribution in [3.05, 3.63) is 60.8 Å². The van der Waals surface area contributed by atoms with E-state index in [9.17, 15) is 14.3 Å². The first-order valence-electron chi connectivity index (χ1n) is 19.5. The van der Waals surface area contributed by atoms with Gasteiger partial charge in [0.05, 0.1) is 40.8 Å². The third kappa shape index (κ3) is 37.5. The average molecular weight is 725 g/mol. The molecule has 0 amide bonds. The minimum absolute atomic E-state index is 0.0708. The van der Waals surface area contributed by atoms with E-state index in [-0.39, 0.29) is 26.2 Å². The lowest BCUT2D eigenvalue weighted by atomic mass is 10.0. The fraction of sp³-hybridized carbons (Fsp3) is 0.732. The van der Waals surface area contributed by atoms with E-state index in [4.69, 9.17) is 18.5 Å². The smallest absolute Gasteiger partial charge is 0.457 e. The van der Waals surface area contributed by atoms with Gasteiger partial charge >= 0.3 is 13.8 Å². The molecule has 0 aliphatic carbocycles. The Hall–Kier alpha value is -1.80.